The molecule has 1 heterocycles. The van der Waals surface area contributed by atoms with Gasteiger partial charge >= 0.3 is 5.97 Å². The van der Waals surface area contributed by atoms with Gasteiger partial charge in [0.2, 0.25) is 0 Å². The maximum atomic E-state index is 13.3. The van der Waals surface area contributed by atoms with Crippen molar-refractivity contribution in [2.75, 3.05) is 7.11 Å². The third-order valence-corrected chi connectivity index (χ3v) is 5.74. The number of benzene rings is 3. The zero-order chi connectivity index (χ0) is 24.2. The number of hydrogen-bond acceptors (Lipinski definition) is 6. The van der Waals surface area contributed by atoms with E-state index in [0.29, 0.717) is 16.9 Å². The van der Waals surface area contributed by atoms with Crippen LogP contribution in [0.1, 0.15) is 49.1 Å². The quantitative estimate of drug-likeness (QED) is 0.290. The average molecular weight is 457 g/mol. The summed E-state index contributed by atoms with van der Waals surface area (Å²) >= 11 is 0. The molecule has 0 spiro atoms. The van der Waals surface area contributed by atoms with Gasteiger partial charge in [-0.05, 0) is 42.8 Å². The van der Waals surface area contributed by atoms with E-state index in [2.05, 4.69) is 0 Å². The molecule has 7 nitrogen and oxygen atoms in total. The van der Waals surface area contributed by atoms with Gasteiger partial charge in [-0.3, -0.25) is 19.3 Å². The van der Waals surface area contributed by atoms with Crippen molar-refractivity contribution >= 4 is 23.6 Å². The van der Waals surface area contributed by atoms with E-state index in [1.807, 2.05) is 30.3 Å². The molecule has 1 aliphatic heterocycles. The van der Waals surface area contributed by atoms with Gasteiger partial charge in [-0.2, -0.15) is 0 Å². The van der Waals surface area contributed by atoms with Crippen LogP contribution in [-0.4, -0.2) is 41.6 Å². The topological polar surface area (TPSA) is 90.0 Å². The maximum absolute atomic E-state index is 13.3. The number of carbonyl (C=O) groups is 4. The summed E-state index contributed by atoms with van der Waals surface area (Å²) in [4.78, 5) is 52.2. The van der Waals surface area contributed by atoms with Crippen molar-refractivity contribution in [2.24, 2.45) is 0 Å². The number of nitrogens with zero attached hydrogens (tertiary/aromatic N) is 1. The number of imide groups is 1. The number of methoxy groups -OCH3 is 1. The van der Waals surface area contributed by atoms with E-state index in [9.17, 15) is 19.2 Å². The van der Waals surface area contributed by atoms with Gasteiger partial charge in [0.1, 0.15) is 18.4 Å². The Morgan fingerprint density at radius 3 is 2.09 bits per heavy atom. The molecule has 3 aromatic carbocycles. The van der Waals surface area contributed by atoms with Gasteiger partial charge in [-0.1, -0.05) is 42.5 Å². The molecule has 3 aromatic rings. The van der Waals surface area contributed by atoms with Crippen LogP contribution >= 0.6 is 0 Å². The van der Waals surface area contributed by atoms with Crippen LogP contribution in [0, 0.1) is 0 Å². The molecule has 0 radical (unpaired) electrons. The molecule has 7 heteroatoms. The van der Waals surface area contributed by atoms with Crippen molar-refractivity contribution in [2.45, 2.75) is 26.0 Å². The van der Waals surface area contributed by atoms with Crippen LogP contribution < -0.4 is 4.74 Å². The zero-order valence-electron chi connectivity index (χ0n) is 18.8. The normalized spacial score (nSPS) is 13.4. The third kappa shape index (κ3) is 4.45. The van der Waals surface area contributed by atoms with Gasteiger partial charge in [-0.15, -0.1) is 0 Å². The molecule has 0 aromatic heterocycles. The minimum atomic E-state index is -1.16. The molecule has 0 bridgehead atoms. The second-order valence-corrected chi connectivity index (χ2v) is 7.92. The van der Waals surface area contributed by atoms with Crippen LogP contribution in [0.2, 0.25) is 0 Å². The lowest BCUT2D eigenvalue weighted by Gasteiger charge is -2.25. The highest BCUT2D eigenvalue weighted by molar-refractivity contribution is 6.22. The first kappa shape index (κ1) is 22.9. The molecule has 0 saturated carbocycles. The summed E-state index contributed by atoms with van der Waals surface area (Å²) in [6, 6.07) is 19.3. The first-order valence-electron chi connectivity index (χ1n) is 10.8. The van der Waals surface area contributed by atoms with Crippen molar-refractivity contribution in [1.29, 1.82) is 0 Å². The fraction of sp³-hybridized carbons (Fsp3) is 0.185. The lowest BCUT2D eigenvalue weighted by Crippen LogP contribution is -2.47. The minimum Gasteiger partial charge on any atom is -0.496 e. The number of carbonyl (C=O) groups excluding carboxylic acids is 4. The number of ether oxygens (including phenoxy) is 2. The van der Waals surface area contributed by atoms with Crippen molar-refractivity contribution in [3.8, 4) is 5.75 Å². The van der Waals surface area contributed by atoms with E-state index in [1.165, 1.54) is 14.0 Å². The molecule has 0 saturated heterocycles. The lowest BCUT2D eigenvalue weighted by molar-refractivity contribution is -0.149. The van der Waals surface area contributed by atoms with Crippen LogP contribution in [0.3, 0.4) is 0 Å². The van der Waals surface area contributed by atoms with Gasteiger partial charge in [0.05, 0.1) is 18.2 Å². The van der Waals surface area contributed by atoms with Crippen LogP contribution in [0.5, 0.6) is 5.75 Å². The SMILES string of the molecule is COc1ccc(C(C)=O)cc1COC(=O)C(Cc1ccccc1)N1C(=O)c2ccccc2C1=O. The van der Waals surface area contributed by atoms with Gasteiger partial charge in [0.15, 0.2) is 5.78 Å². The highest BCUT2D eigenvalue weighted by Crippen LogP contribution is 2.27. The van der Waals surface area contributed by atoms with E-state index in [1.54, 1.807) is 42.5 Å². The number of esters is 1. The summed E-state index contributed by atoms with van der Waals surface area (Å²) in [5, 5.41) is 0. The van der Waals surface area contributed by atoms with Gasteiger partial charge in [0.25, 0.3) is 11.8 Å². The van der Waals surface area contributed by atoms with Gasteiger partial charge < -0.3 is 9.47 Å². The highest BCUT2D eigenvalue weighted by atomic mass is 16.5. The minimum absolute atomic E-state index is 0.107. The number of amides is 2. The molecular weight excluding hydrogens is 434 g/mol. The Hall–Kier alpha value is -4.26. The van der Waals surface area contributed by atoms with Crippen LogP contribution in [0.4, 0.5) is 0 Å². The Bertz CT molecular complexity index is 1230. The molecule has 0 fully saturated rings. The molecule has 0 aliphatic carbocycles. The number of fused-ring (bicyclic) bond motifs is 1. The summed E-state index contributed by atoms with van der Waals surface area (Å²) in [5.41, 5.74) is 2.25. The summed E-state index contributed by atoms with van der Waals surface area (Å²) in [7, 11) is 1.48. The van der Waals surface area contributed by atoms with Crippen molar-refractivity contribution in [3.63, 3.8) is 0 Å². The first-order chi connectivity index (χ1) is 16.4. The Balaban J connectivity index is 1.62. The number of hydrogen-bond donors (Lipinski definition) is 0. The van der Waals surface area contributed by atoms with E-state index < -0.39 is 23.8 Å². The molecular formula is C27H23NO6. The number of rotatable bonds is 8. The fourth-order valence-corrected chi connectivity index (χ4v) is 3.96. The predicted octanol–water partition coefficient (Wildman–Crippen LogP) is 3.85. The molecule has 34 heavy (non-hydrogen) atoms. The first-order valence-corrected chi connectivity index (χ1v) is 10.8. The van der Waals surface area contributed by atoms with E-state index in [0.717, 1.165) is 10.5 Å². The Morgan fingerprint density at radius 1 is 0.882 bits per heavy atom. The smallest absolute Gasteiger partial charge is 0.330 e. The monoisotopic (exact) mass is 457 g/mol. The van der Waals surface area contributed by atoms with Crippen LogP contribution in [0.25, 0.3) is 0 Å². The van der Waals surface area contributed by atoms with Gasteiger partial charge in [0, 0.05) is 17.5 Å². The molecule has 4 rings (SSSR count). The molecule has 1 aliphatic rings. The van der Waals surface area contributed by atoms with Crippen LogP contribution in [-0.2, 0) is 22.6 Å². The van der Waals surface area contributed by atoms with E-state index in [-0.39, 0.29) is 29.9 Å². The Kier molecular flexibility index (Phi) is 6.54. The van der Waals surface area contributed by atoms with Crippen LogP contribution in [0.15, 0.2) is 72.8 Å². The molecule has 2 amide bonds. The standard InChI is InChI=1S/C27H23NO6/c1-17(29)19-12-13-24(33-2)20(15-19)16-34-27(32)23(14-18-8-4-3-5-9-18)28-25(30)21-10-6-7-11-22(21)26(28)31/h3-13,15,23H,14,16H2,1-2H3. The summed E-state index contributed by atoms with van der Waals surface area (Å²) < 4.78 is 10.9. The second-order valence-electron chi connectivity index (χ2n) is 7.92. The van der Waals surface area contributed by atoms with Crippen molar-refractivity contribution in [1.82, 2.24) is 4.90 Å². The highest BCUT2D eigenvalue weighted by Gasteiger charge is 2.43. The molecule has 0 N–H and O–H groups in total. The van der Waals surface area contributed by atoms with E-state index in [4.69, 9.17) is 9.47 Å². The third-order valence-electron chi connectivity index (χ3n) is 5.74. The van der Waals surface area contributed by atoms with Gasteiger partial charge in [-0.25, -0.2) is 4.79 Å². The van der Waals surface area contributed by atoms with Crippen molar-refractivity contribution in [3.05, 3.63) is 101 Å². The fourth-order valence-electron chi connectivity index (χ4n) is 3.96. The Morgan fingerprint density at radius 2 is 1.50 bits per heavy atom. The summed E-state index contributed by atoms with van der Waals surface area (Å²) in [6.45, 7) is 1.26. The maximum Gasteiger partial charge on any atom is 0.330 e. The zero-order valence-corrected chi connectivity index (χ0v) is 18.8. The number of ketones is 1. The van der Waals surface area contributed by atoms with E-state index >= 15 is 0 Å². The predicted molar refractivity (Wildman–Crippen MR) is 124 cm³/mol. The molecule has 1 unspecified atom stereocenters. The Labute approximate surface area is 196 Å². The average Bonchev–Trinajstić information content (AvgIpc) is 3.11. The number of Topliss-reactive ketones (excluding diaryl/α,β-unsaturated/α-hetero) is 1. The lowest BCUT2D eigenvalue weighted by atomic mass is 10.0. The summed E-state index contributed by atoms with van der Waals surface area (Å²) in [6.07, 6.45) is 0.107. The largest absolute Gasteiger partial charge is 0.496 e. The molecule has 1 atom stereocenters. The second kappa shape index (κ2) is 9.70. The summed E-state index contributed by atoms with van der Waals surface area (Å²) in [5.74, 6) is -1.47. The van der Waals surface area contributed by atoms with Crippen molar-refractivity contribution < 1.29 is 28.7 Å². The molecule has 172 valence electrons.